The van der Waals surface area contributed by atoms with Crippen LogP contribution in [0.3, 0.4) is 0 Å². The van der Waals surface area contributed by atoms with Crippen LogP contribution < -0.4 is 0 Å². The Balaban J connectivity index is 0.000000531. The van der Waals surface area contributed by atoms with E-state index >= 15 is 0 Å². The molecule has 1 aromatic heterocycles. The Morgan fingerprint density at radius 1 is 1.53 bits per heavy atom. The summed E-state index contributed by atoms with van der Waals surface area (Å²) in [6.45, 7) is 5.43. The highest BCUT2D eigenvalue weighted by Gasteiger charge is 2.25. The van der Waals surface area contributed by atoms with Gasteiger partial charge in [0.25, 0.3) is 0 Å². The standard InChI is InChI=1S/C10H11NO2.C2H6/c1-7(12)13-9-5-4-8-3-2-6-11-10(8)9;1-2/h2-3,6,9H,4-5H2,1H3;1-2H3. The van der Waals surface area contributed by atoms with Crippen molar-refractivity contribution < 1.29 is 9.53 Å². The van der Waals surface area contributed by atoms with Crippen molar-refractivity contribution in [2.24, 2.45) is 0 Å². The van der Waals surface area contributed by atoms with Gasteiger partial charge < -0.3 is 4.74 Å². The molecular weight excluding hydrogens is 190 g/mol. The van der Waals surface area contributed by atoms with E-state index in [1.807, 2.05) is 26.0 Å². The number of carbonyl (C=O) groups excluding carboxylic acids is 1. The number of hydrogen-bond donors (Lipinski definition) is 0. The number of aryl methyl sites for hydroxylation is 1. The fraction of sp³-hybridized carbons (Fsp3) is 0.500. The van der Waals surface area contributed by atoms with Crippen molar-refractivity contribution in [2.75, 3.05) is 0 Å². The lowest BCUT2D eigenvalue weighted by atomic mass is 10.2. The van der Waals surface area contributed by atoms with E-state index in [-0.39, 0.29) is 12.1 Å². The predicted molar refractivity (Wildman–Crippen MR) is 58.4 cm³/mol. The van der Waals surface area contributed by atoms with E-state index in [1.165, 1.54) is 12.5 Å². The van der Waals surface area contributed by atoms with Gasteiger partial charge in [-0.25, -0.2) is 0 Å². The van der Waals surface area contributed by atoms with Gasteiger partial charge in [-0.15, -0.1) is 0 Å². The highest BCUT2D eigenvalue weighted by molar-refractivity contribution is 5.66. The molecule has 3 heteroatoms. The molecule has 0 amide bonds. The van der Waals surface area contributed by atoms with Gasteiger partial charge in [0.2, 0.25) is 0 Å². The number of esters is 1. The van der Waals surface area contributed by atoms with Crippen molar-refractivity contribution in [3.8, 4) is 0 Å². The monoisotopic (exact) mass is 207 g/mol. The molecule has 1 aliphatic carbocycles. The molecule has 0 aliphatic heterocycles. The number of ether oxygens (including phenoxy) is 1. The number of rotatable bonds is 1. The number of pyridine rings is 1. The molecule has 1 aliphatic rings. The first-order chi connectivity index (χ1) is 7.27. The van der Waals surface area contributed by atoms with Crippen molar-refractivity contribution >= 4 is 5.97 Å². The fourth-order valence-electron chi connectivity index (χ4n) is 1.69. The molecule has 0 saturated carbocycles. The molecule has 82 valence electrons. The molecule has 15 heavy (non-hydrogen) atoms. The number of nitrogens with zero attached hydrogens (tertiary/aromatic N) is 1. The summed E-state index contributed by atoms with van der Waals surface area (Å²) < 4.78 is 5.14. The minimum absolute atomic E-state index is 0.117. The van der Waals surface area contributed by atoms with E-state index in [4.69, 9.17) is 4.74 Å². The third-order valence-electron chi connectivity index (χ3n) is 2.22. The minimum Gasteiger partial charge on any atom is -0.456 e. The average Bonchev–Trinajstić information content (AvgIpc) is 2.64. The number of hydrogen-bond acceptors (Lipinski definition) is 3. The quantitative estimate of drug-likeness (QED) is 0.664. The van der Waals surface area contributed by atoms with Gasteiger partial charge in [0.1, 0.15) is 6.10 Å². The maximum absolute atomic E-state index is 10.8. The zero-order valence-corrected chi connectivity index (χ0v) is 9.49. The molecule has 0 bridgehead atoms. The molecule has 1 unspecified atom stereocenters. The third-order valence-corrected chi connectivity index (χ3v) is 2.22. The Hall–Kier alpha value is -1.38. The van der Waals surface area contributed by atoms with Gasteiger partial charge in [-0.1, -0.05) is 19.9 Å². The molecule has 1 atom stereocenters. The van der Waals surface area contributed by atoms with Crippen molar-refractivity contribution in [2.45, 2.75) is 39.7 Å². The second-order valence-corrected chi connectivity index (χ2v) is 3.18. The molecule has 0 saturated heterocycles. The van der Waals surface area contributed by atoms with Gasteiger partial charge in [0.15, 0.2) is 0 Å². The minimum atomic E-state index is -0.233. The van der Waals surface area contributed by atoms with Crippen LogP contribution in [0.2, 0.25) is 0 Å². The summed E-state index contributed by atoms with van der Waals surface area (Å²) >= 11 is 0. The van der Waals surface area contributed by atoms with Crippen molar-refractivity contribution in [3.63, 3.8) is 0 Å². The summed E-state index contributed by atoms with van der Waals surface area (Å²) in [7, 11) is 0. The van der Waals surface area contributed by atoms with Crippen molar-refractivity contribution in [1.29, 1.82) is 0 Å². The van der Waals surface area contributed by atoms with E-state index < -0.39 is 0 Å². The van der Waals surface area contributed by atoms with Crippen LogP contribution >= 0.6 is 0 Å². The lowest BCUT2D eigenvalue weighted by Crippen LogP contribution is -2.06. The first-order valence-corrected chi connectivity index (χ1v) is 5.38. The first-order valence-electron chi connectivity index (χ1n) is 5.38. The molecule has 1 heterocycles. The van der Waals surface area contributed by atoms with Crippen LogP contribution in [0.4, 0.5) is 0 Å². The van der Waals surface area contributed by atoms with E-state index in [0.717, 1.165) is 18.5 Å². The predicted octanol–water partition coefficient (Wildman–Crippen LogP) is 2.66. The highest BCUT2D eigenvalue weighted by atomic mass is 16.5. The van der Waals surface area contributed by atoms with Crippen LogP contribution in [0, 0.1) is 0 Å². The van der Waals surface area contributed by atoms with Gasteiger partial charge in [-0.2, -0.15) is 0 Å². The van der Waals surface area contributed by atoms with Crippen LogP contribution in [0.15, 0.2) is 18.3 Å². The van der Waals surface area contributed by atoms with Gasteiger partial charge in [0.05, 0.1) is 5.69 Å². The summed E-state index contributed by atoms with van der Waals surface area (Å²) in [4.78, 5) is 15.0. The summed E-state index contributed by atoms with van der Waals surface area (Å²) in [6.07, 6.45) is 3.45. The third kappa shape index (κ3) is 2.78. The van der Waals surface area contributed by atoms with E-state index in [0.29, 0.717) is 0 Å². The summed E-state index contributed by atoms with van der Waals surface area (Å²) in [6, 6.07) is 3.95. The fourth-order valence-corrected chi connectivity index (χ4v) is 1.69. The molecule has 0 fully saturated rings. The molecule has 0 radical (unpaired) electrons. The lowest BCUT2D eigenvalue weighted by Gasteiger charge is -2.09. The van der Waals surface area contributed by atoms with Gasteiger partial charge >= 0.3 is 5.97 Å². The number of aromatic nitrogens is 1. The van der Waals surface area contributed by atoms with Crippen LogP contribution in [0.5, 0.6) is 0 Å². The van der Waals surface area contributed by atoms with E-state index in [9.17, 15) is 4.79 Å². The van der Waals surface area contributed by atoms with Gasteiger partial charge in [-0.05, 0) is 24.5 Å². The van der Waals surface area contributed by atoms with Crippen molar-refractivity contribution in [1.82, 2.24) is 4.98 Å². The Morgan fingerprint density at radius 2 is 2.27 bits per heavy atom. The van der Waals surface area contributed by atoms with Crippen LogP contribution in [-0.2, 0) is 16.0 Å². The Morgan fingerprint density at radius 3 is 2.93 bits per heavy atom. The topological polar surface area (TPSA) is 39.2 Å². The number of carbonyl (C=O) groups is 1. The second kappa shape index (κ2) is 5.49. The van der Waals surface area contributed by atoms with Gasteiger partial charge in [0, 0.05) is 13.1 Å². The van der Waals surface area contributed by atoms with Gasteiger partial charge in [-0.3, -0.25) is 9.78 Å². The Bertz CT molecular complexity index is 336. The molecule has 2 rings (SSSR count). The molecular formula is C12H17NO2. The van der Waals surface area contributed by atoms with Crippen molar-refractivity contribution in [3.05, 3.63) is 29.6 Å². The lowest BCUT2D eigenvalue weighted by molar-refractivity contribution is -0.146. The van der Waals surface area contributed by atoms with Crippen LogP contribution in [0.1, 0.15) is 44.6 Å². The maximum atomic E-state index is 10.8. The SMILES string of the molecule is CC.CC(=O)OC1CCc2cccnc21. The summed E-state index contributed by atoms with van der Waals surface area (Å²) in [5, 5.41) is 0. The molecule has 0 aromatic carbocycles. The normalized spacial score (nSPS) is 17.4. The highest BCUT2D eigenvalue weighted by Crippen LogP contribution is 2.31. The molecule has 1 aromatic rings. The second-order valence-electron chi connectivity index (χ2n) is 3.18. The smallest absolute Gasteiger partial charge is 0.303 e. The summed E-state index contributed by atoms with van der Waals surface area (Å²) in [5.74, 6) is -0.233. The zero-order chi connectivity index (χ0) is 11.3. The Kier molecular flexibility index (Phi) is 4.28. The molecule has 3 nitrogen and oxygen atoms in total. The summed E-state index contributed by atoms with van der Waals surface area (Å²) in [5.41, 5.74) is 2.13. The van der Waals surface area contributed by atoms with E-state index in [1.54, 1.807) is 6.20 Å². The largest absolute Gasteiger partial charge is 0.456 e. The van der Waals surface area contributed by atoms with Crippen LogP contribution in [-0.4, -0.2) is 11.0 Å². The Labute approximate surface area is 90.5 Å². The first kappa shape index (κ1) is 11.7. The van der Waals surface area contributed by atoms with E-state index in [2.05, 4.69) is 4.98 Å². The number of fused-ring (bicyclic) bond motifs is 1. The maximum Gasteiger partial charge on any atom is 0.303 e. The molecule has 0 spiro atoms. The van der Waals surface area contributed by atoms with Crippen LogP contribution in [0.25, 0.3) is 0 Å². The zero-order valence-electron chi connectivity index (χ0n) is 9.49. The average molecular weight is 207 g/mol. The molecule has 0 N–H and O–H groups in total.